The average Bonchev–Trinajstić information content (AvgIpc) is 2.95. The first-order valence-corrected chi connectivity index (χ1v) is 9.73. The third-order valence-electron chi connectivity index (χ3n) is 3.93. The molecule has 0 aliphatic carbocycles. The Kier molecular flexibility index (Phi) is 6.80. The van der Waals surface area contributed by atoms with Crippen molar-refractivity contribution in [3.8, 4) is 0 Å². The van der Waals surface area contributed by atoms with Crippen molar-refractivity contribution in [3.63, 3.8) is 0 Å². The van der Waals surface area contributed by atoms with Crippen molar-refractivity contribution in [3.05, 3.63) is 47.2 Å². The van der Waals surface area contributed by atoms with E-state index in [1.807, 2.05) is 30.3 Å². The molecule has 0 radical (unpaired) electrons. The number of ether oxygens (including phenoxy) is 3. The highest BCUT2D eigenvalue weighted by atomic mass is 16.6. The summed E-state index contributed by atoms with van der Waals surface area (Å²) in [7, 11) is 0. The molecule has 0 atom stereocenters. The molecule has 1 aromatic rings. The molecule has 30 heavy (non-hydrogen) atoms. The number of benzene rings is 1. The van der Waals surface area contributed by atoms with Gasteiger partial charge in [0, 0.05) is 0 Å². The highest BCUT2D eigenvalue weighted by molar-refractivity contribution is 5.93. The minimum atomic E-state index is -0.784. The Bertz CT molecular complexity index is 833. The van der Waals surface area contributed by atoms with E-state index in [4.69, 9.17) is 14.2 Å². The lowest BCUT2D eigenvalue weighted by Crippen LogP contribution is -2.48. The van der Waals surface area contributed by atoms with E-state index < -0.39 is 29.4 Å². The lowest BCUT2D eigenvalue weighted by atomic mass is 10.2. The van der Waals surface area contributed by atoms with Crippen molar-refractivity contribution in [1.29, 1.82) is 0 Å². The number of carbonyl (C=O) groups is 3. The van der Waals surface area contributed by atoms with Gasteiger partial charge in [0.2, 0.25) is 0 Å². The first kappa shape index (κ1) is 23.3. The molecule has 1 aliphatic rings. The highest BCUT2D eigenvalue weighted by Gasteiger charge is 2.42. The number of esters is 1. The van der Waals surface area contributed by atoms with Crippen LogP contribution in [0.4, 0.5) is 9.59 Å². The van der Waals surface area contributed by atoms with Crippen LogP contribution < -0.4 is 0 Å². The Labute approximate surface area is 177 Å². The molecular formula is C22H30N2O6. The van der Waals surface area contributed by atoms with Gasteiger partial charge in [0.15, 0.2) is 0 Å². The van der Waals surface area contributed by atoms with Crippen molar-refractivity contribution >= 4 is 18.2 Å². The largest absolute Gasteiger partial charge is 0.457 e. The van der Waals surface area contributed by atoms with Gasteiger partial charge in [-0.05, 0) is 54.0 Å². The maximum absolute atomic E-state index is 12.8. The monoisotopic (exact) mass is 418 g/mol. The summed E-state index contributed by atoms with van der Waals surface area (Å²) in [5.41, 5.74) is -0.291. The predicted molar refractivity (Wildman–Crippen MR) is 110 cm³/mol. The van der Waals surface area contributed by atoms with E-state index in [1.165, 1.54) is 0 Å². The fourth-order valence-corrected chi connectivity index (χ4v) is 2.67. The standard InChI is InChI=1S/C22H30N2O6/c1-15-17(18(25)28-14-16-11-9-8-10-12-16)13-23(19(26)29-21(2,3)4)24(15)20(27)30-22(5,6)7/h8-12H,13-14H2,1-7H3. The van der Waals surface area contributed by atoms with Crippen molar-refractivity contribution in [1.82, 2.24) is 10.0 Å². The Morgan fingerprint density at radius 3 is 1.97 bits per heavy atom. The molecule has 8 nitrogen and oxygen atoms in total. The van der Waals surface area contributed by atoms with E-state index in [0.717, 1.165) is 15.6 Å². The number of amides is 2. The highest BCUT2D eigenvalue weighted by Crippen LogP contribution is 2.28. The Morgan fingerprint density at radius 2 is 1.43 bits per heavy atom. The molecule has 0 saturated carbocycles. The summed E-state index contributed by atoms with van der Waals surface area (Å²) in [6.07, 6.45) is -1.55. The average molecular weight is 418 g/mol. The third-order valence-corrected chi connectivity index (χ3v) is 3.93. The van der Waals surface area contributed by atoms with Crippen LogP contribution in [0.5, 0.6) is 0 Å². The minimum Gasteiger partial charge on any atom is -0.457 e. The second-order valence-corrected chi connectivity index (χ2v) is 8.96. The molecular weight excluding hydrogens is 388 g/mol. The first-order chi connectivity index (χ1) is 13.8. The second-order valence-electron chi connectivity index (χ2n) is 8.96. The number of rotatable bonds is 3. The molecule has 0 saturated heterocycles. The molecule has 1 heterocycles. The third kappa shape index (κ3) is 6.23. The zero-order valence-corrected chi connectivity index (χ0v) is 18.6. The Hall–Kier alpha value is -3.03. The number of nitrogens with zero attached hydrogens (tertiary/aromatic N) is 2. The van der Waals surface area contributed by atoms with E-state index in [0.29, 0.717) is 0 Å². The van der Waals surface area contributed by atoms with Crippen LogP contribution in [0.25, 0.3) is 0 Å². The molecule has 0 spiro atoms. The van der Waals surface area contributed by atoms with Gasteiger partial charge < -0.3 is 14.2 Å². The number of allylic oxidation sites excluding steroid dienone is 1. The van der Waals surface area contributed by atoms with Crippen LogP contribution >= 0.6 is 0 Å². The second kappa shape index (κ2) is 8.77. The number of hydrogen-bond donors (Lipinski definition) is 0. The fraction of sp³-hybridized carbons (Fsp3) is 0.500. The maximum atomic E-state index is 12.8. The molecule has 164 valence electrons. The molecule has 1 aliphatic heterocycles. The van der Waals surface area contributed by atoms with Crippen LogP contribution in [0.15, 0.2) is 41.6 Å². The topological polar surface area (TPSA) is 85.4 Å². The summed E-state index contributed by atoms with van der Waals surface area (Å²) >= 11 is 0. The summed E-state index contributed by atoms with van der Waals surface area (Å²) in [4.78, 5) is 38.2. The van der Waals surface area contributed by atoms with Crippen LogP contribution in [0, 0.1) is 0 Å². The van der Waals surface area contributed by atoms with E-state index in [2.05, 4.69) is 0 Å². The molecule has 0 fully saturated rings. The van der Waals surface area contributed by atoms with Gasteiger partial charge in [-0.3, -0.25) is 0 Å². The van der Waals surface area contributed by atoms with Gasteiger partial charge in [0.1, 0.15) is 17.8 Å². The summed E-state index contributed by atoms with van der Waals surface area (Å²) < 4.78 is 16.2. The fourth-order valence-electron chi connectivity index (χ4n) is 2.67. The molecule has 0 unspecified atom stereocenters. The van der Waals surface area contributed by atoms with Crippen molar-refractivity contribution < 1.29 is 28.6 Å². The van der Waals surface area contributed by atoms with Gasteiger partial charge in [-0.2, -0.15) is 5.01 Å². The molecule has 2 amide bonds. The van der Waals surface area contributed by atoms with Gasteiger partial charge in [0.25, 0.3) is 0 Å². The van der Waals surface area contributed by atoms with Gasteiger partial charge in [-0.15, -0.1) is 0 Å². The molecule has 0 bridgehead atoms. The Balaban J connectivity index is 2.25. The quantitative estimate of drug-likeness (QED) is 0.534. The van der Waals surface area contributed by atoms with Gasteiger partial charge >= 0.3 is 18.2 Å². The predicted octanol–water partition coefficient (Wildman–Crippen LogP) is 4.41. The van der Waals surface area contributed by atoms with Crippen LogP contribution in [0.3, 0.4) is 0 Å². The lowest BCUT2D eigenvalue weighted by molar-refractivity contribution is -0.140. The summed E-state index contributed by atoms with van der Waals surface area (Å²) in [5.74, 6) is -0.615. The zero-order valence-electron chi connectivity index (χ0n) is 18.6. The minimum absolute atomic E-state index is 0.0787. The van der Waals surface area contributed by atoms with E-state index in [9.17, 15) is 14.4 Å². The van der Waals surface area contributed by atoms with E-state index in [1.54, 1.807) is 48.5 Å². The van der Waals surface area contributed by atoms with Crippen LogP contribution in [-0.2, 0) is 25.6 Å². The molecule has 8 heteroatoms. The lowest BCUT2D eigenvalue weighted by Gasteiger charge is -2.32. The van der Waals surface area contributed by atoms with Gasteiger partial charge in [-0.25, -0.2) is 19.4 Å². The van der Waals surface area contributed by atoms with Crippen LogP contribution in [-0.4, -0.2) is 45.9 Å². The zero-order chi connectivity index (χ0) is 22.7. The summed E-state index contributed by atoms with van der Waals surface area (Å²) in [6, 6.07) is 9.23. The van der Waals surface area contributed by atoms with E-state index >= 15 is 0 Å². The van der Waals surface area contributed by atoms with Crippen LogP contribution in [0.2, 0.25) is 0 Å². The number of hydrogen-bond acceptors (Lipinski definition) is 6. The van der Waals surface area contributed by atoms with E-state index in [-0.39, 0.29) is 24.4 Å². The van der Waals surface area contributed by atoms with Crippen molar-refractivity contribution in [2.45, 2.75) is 66.3 Å². The molecule has 1 aromatic carbocycles. The normalized spacial score (nSPS) is 14.6. The molecule has 0 aromatic heterocycles. The smallest absolute Gasteiger partial charge is 0.434 e. The van der Waals surface area contributed by atoms with Crippen molar-refractivity contribution in [2.75, 3.05) is 6.54 Å². The molecule has 0 N–H and O–H groups in total. The summed E-state index contributed by atoms with van der Waals surface area (Å²) in [5, 5.41) is 2.08. The maximum Gasteiger partial charge on any atom is 0.434 e. The van der Waals surface area contributed by atoms with Crippen molar-refractivity contribution in [2.24, 2.45) is 0 Å². The first-order valence-electron chi connectivity index (χ1n) is 9.73. The van der Waals surface area contributed by atoms with Gasteiger partial charge in [0.05, 0.1) is 17.8 Å². The Morgan fingerprint density at radius 1 is 0.900 bits per heavy atom. The number of hydrazine groups is 1. The molecule has 2 rings (SSSR count). The van der Waals surface area contributed by atoms with Crippen LogP contribution in [0.1, 0.15) is 54.0 Å². The SMILES string of the molecule is CC1=C(C(=O)OCc2ccccc2)CN(C(=O)OC(C)(C)C)N1C(=O)OC(C)(C)C. The summed E-state index contributed by atoms with van der Waals surface area (Å²) in [6.45, 7) is 11.8. The number of carbonyl (C=O) groups excluding carboxylic acids is 3. The van der Waals surface area contributed by atoms with Gasteiger partial charge in [-0.1, -0.05) is 30.3 Å².